The third kappa shape index (κ3) is 5.80. The van der Waals surface area contributed by atoms with Gasteiger partial charge in [-0.3, -0.25) is 9.69 Å². The summed E-state index contributed by atoms with van der Waals surface area (Å²) in [5, 5.41) is 0.866. The lowest BCUT2D eigenvalue weighted by molar-refractivity contribution is -0.116. The van der Waals surface area contributed by atoms with Crippen LogP contribution in [0.1, 0.15) is 13.8 Å². The predicted molar refractivity (Wildman–Crippen MR) is 136 cm³/mol. The van der Waals surface area contributed by atoms with Gasteiger partial charge < -0.3 is 14.4 Å². The van der Waals surface area contributed by atoms with Gasteiger partial charge in [0.25, 0.3) is 0 Å². The second-order valence-corrected chi connectivity index (χ2v) is 10.8. The maximum absolute atomic E-state index is 13.4. The number of methoxy groups -OCH3 is 2. The van der Waals surface area contributed by atoms with Gasteiger partial charge in [-0.25, -0.2) is 13.4 Å². The first-order chi connectivity index (χ1) is 16.2. The quantitative estimate of drug-likeness (QED) is 0.372. The van der Waals surface area contributed by atoms with Gasteiger partial charge in [-0.2, -0.15) is 0 Å². The van der Waals surface area contributed by atoms with E-state index in [1.807, 2.05) is 13.8 Å². The standard InChI is InChI=1S/C23H28ClN3O5S2/c1-5-26(6-2)13-14-27(23-25-21-19(32-4)12-11-18(24)22(21)33-23)20(28)15-34(29,30)17-9-7-16(31-3)8-10-17/h7-12H,5-6,13-15H2,1-4H3. The van der Waals surface area contributed by atoms with E-state index in [0.717, 1.165) is 13.1 Å². The van der Waals surface area contributed by atoms with Crippen LogP contribution in [0, 0.1) is 0 Å². The maximum atomic E-state index is 13.4. The summed E-state index contributed by atoms with van der Waals surface area (Å²) in [5.41, 5.74) is 0.536. The predicted octanol–water partition coefficient (Wildman–Crippen LogP) is 4.12. The molecule has 0 aliphatic rings. The topological polar surface area (TPSA) is 89.0 Å². The van der Waals surface area contributed by atoms with E-state index in [0.29, 0.717) is 45.0 Å². The molecule has 0 bridgehead atoms. The Morgan fingerprint density at radius 2 is 1.71 bits per heavy atom. The van der Waals surface area contributed by atoms with E-state index in [2.05, 4.69) is 9.88 Å². The highest BCUT2D eigenvalue weighted by Crippen LogP contribution is 2.38. The molecule has 0 spiro atoms. The lowest BCUT2D eigenvalue weighted by Gasteiger charge is -2.24. The molecule has 8 nitrogen and oxygen atoms in total. The number of carbonyl (C=O) groups is 1. The van der Waals surface area contributed by atoms with E-state index >= 15 is 0 Å². The molecule has 2 aromatic carbocycles. The molecular formula is C23H28ClN3O5S2. The molecule has 3 aromatic rings. The van der Waals surface area contributed by atoms with Crippen molar-refractivity contribution in [3.8, 4) is 11.5 Å². The minimum atomic E-state index is -3.87. The summed E-state index contributed by atoms with van der Waals surface area (Å²) in [6, 6.07) is 9.40. The summed E-state index contributed by atoms with van der Waals surface area (Å²) in [4.78, 5) is 21.6. The molecule has 1 amide bonds. The second kappa shape index (κ2) is 11.4. The van der Waals surface area contributed by atoms with Crippen LogP contribution in [0.4, 0.5) is 5.13 Å². The Balaban J connectivity index is 1.96. The van der Waals surface area contributed by atoms with Crippen LogP contribution in [-0.4, -0.2) is 70.4 Å². The average Bonchev–Trinajstić information content (AvgIpc) is 3.28. The second-order valence-electron chi connectivity index (χ2n) is 7.43. The van der Waals surface area contributed by atoms with Gasteiger partial charge in [-0.1, -0.05) is 36.8 Å². The largest absolute Gasteiger partial charge is 0.497 e. The number of sulfone groups is 1. The molecule has 3 rings (SSSR count). The monoisotopic (exact) mass is 525 g/mol. The van der Waals surface area contributed by atoms with Crippen LogP contribution in [0.3, 0.4) is 0 Å². The fourth-order valence-corrected chi connectivity index (χ4v) is 5.93. The number of thiazole rings is 1. The number of amides is 1. The molecule has 11 heteroatoms. The van der Waals surface area contributed by atoms with E-state index in [-0.39, 0.29) is 4.90 Å². The molecule has 0 atom stereocenters. The van der Waals surface area contributed by atoms with Gasteiger partial charge in [-0.05, 0) is 49.5 Å². The van der Waals surface area contributed by atoms with E-state index in [1.165, 1.54) is 42.6 Å². The molecule has 34 heavy (non-hydrogen) atoms. The maximum Gasteiger partial charge on any atom is 0.244 e. The molecule has 0 unspecified atom stereocenters. The van der Waals surface area contributed by atoms with E-state index < -0.39 is 21.5 Å². The Morgan fingerprint density at radius 1 is 1.03 bits per heavy atom. The minimum absolute atomic E-state index is 0.0550. The molecule has 1 aromatic heterocycles. The van der Waals surface area contributed by atoms with Crippen LogP contribution < -0.4 is 14.4 Å². The summed E-state index contributed by atoms with van der Waals surface area (Å²) < 4.78 is 37.2. The van der Waals surface area contributed by atoms with Crippen molar-refractivity contribution in [2.45, 2.75) is 18.7 Å². The van der Waals surface area contributed by atoms with Crippen LogP contribution in [0.2, 0.25) is 5.02 Å². The highest BCUT2D eigenvalue weighted by molar-refractivity contribution is 7.92. The summed E-state index contributed by atoms with van der Waals surface area (Å²) in [5.74, 6) is -0.175. The van der Waals surface area contributed by atoms with Crippen molar-refractivity contribution >= 4 is 54.0 Å². The number of likely N-dealkylation sites (N-methyl/N-ethyl adjacent to an activating group) is 1. The molecule has 0 N–H and O–H groups in total. The third-order valence-corrected chi connectivity index (χ3v) is 8.62. The van der Waals surface area contributed by atoms with Crippen LogP contribution in [0.15, 0.2) is 41.3 Å². The molecule has 0 radical (unpaired) electrons. The molecule has 0 aliphatic heterocycles. The van der Waals surface area contributed by atoms with Crippen molar-refractivity contribution in [1.29, 1.82) is 0 Å². The van der Waals surface area contributed by atoms with Crippen molar-refractivity contribution in [3.05, 3.63) is 41.4 Å². The van der Waals surface area contributed by atoms with Gasteiger partial charge in [0.15, 0.2) is 15.0 Å². The summed E-state index contributed by atoms with van der Waals surface area (Å²) in [7, 11) is -0.838. The summed E-state index contributed by atoms with van der Waals surface area (Å²) >= 11 is 7.60. The van der Waals surface area contributed by atoms with Gasteiger partial charge in [0, 0.05) is 13.1 Å². The Morgan fingerprint density at radius 3 is 2.29 bits per heavy atom. The first kappa shape index (κ1) is 26.2. The van der Waals surface area contributed by atoms with Crippen molar-refractivity contribution in [3.63, 3.8) is 0 Å². The van der Waals surface area contributed by atoms with Gasteiger partial charge in [0.05, 0.1) is 28.8 Å². The van der Waals surface area contributed by atoms with Gasteiger partial charge in [-0.15, -0.1) is 0 Å². The number of fused-ring (bicyclic) bond motifs is 1. The number of aromatic nitrogens is 1. The molecule has 0 fully saturated rings. The van der Waals surface area contributed by atoms with Crippen LogP contribution in [0.25, 0.3) is 10.2 Å². The minimum Gasteiger partial charge on any atom is -0.497 e. The molecular weight excluding hydrogens is 498 g/mol. The lowest BCUT2D eigenvalue weighted by Crippen LogP contribution is -2.41. The number of halogens is 1. The normalized spacial score (nSPS) is 11.7. The number of carbonyl (C=O) groups excluding carboxylic acids is 1. The first-order valence-electron chi connectivity index (χ1n) is 10.8. The smallest absolute Gasteiger partial charge is 0.244 e. The fourth-order valence-electron chi connectivity index (χ4n) is 3.44. The highest BCUT2D eigenvalue weighted by atomic mass is 35.5. The Bertz CT molecular complexity index is 1240. The number of ether oxygens (including phenoxy) is 2. The van der Waals surface area contributed by atoms with E-state index in [4.69, 9.17) is 21.1 Å². The molecule has 1 heterocycles. The first-order valence-corrected chi connectivity index (χ1v) is 13.6. The van der Waals surface area contributed by atoms with Crippen molar-refractivity contribution < 1.29 is 22.7 Å². The van der Waals surface area contributed by atoms with E-state index in [1.54, 1.807) is 24.3 Å². The Hall–Kier alpha value is -2.40. The zero-order valence-electron chi connectivity index (χ0n) is 19.6. The number of hydrogen-bond donors (Lipinski definition) is 0. The fraction of sp³-hybridized carbons (Fsp3) is 0.391. The van der Waals surface area contributed by atoms with Gasteiger partial charge in [0.2, 0.25) is 5.91 Å². The van der Waals surface area contributed by atoms with Gasteiger partial charge in [0.1, 0.15) is 22.8 Å². The lowest BCUT2D eigenvalue weighted by atomic mass is 10.3. The number of benzene rings is 2. The van der Waals surface area contributed by atoms with Crippen molar-refractivity contribution in [2.24, 2.45) is 0 Å². The highest BCUT2D eigenvalue weighted by Gasteiger charge is 2.27. The van der Waals surface area contributed by atoms with Crippen molar-refractivity contribution in [2.75, 3.05) is 51.1 Å². The Kier molecular flexibility index (Phi) is 8.75. The molecule has 0 saturated heterocycles. The summed E-state index contributed by atoms with van der Waals surface area (Å²) in [6.45, 7) is 6.54. The molecule has 0 aliphatic carbocycles. The van der Waals surface area contributed by atoms with E-state index in [9.17, 15) is 13.2 Å². The molecule has 0 saturated carbocycles. The Labute approximate surface area is 209 Å². The number of hydrogen-bond acceptors (Lipinski definition) is 8. The zero-order chi connectivity index (χ0) is 24.9. The number of nitrogens with zero attached hydrogens (tertiary/aromatic N) is 3. The third-order valence-electron chi connectivity index (χ3n) is 5.47. The van der Waals surface area contributed by atoms with Crippen LogP contribution in [-0.2, 0) is 14.6 Å². The van der Waals surface area contributed by atoms with Crippen LogP contribution >= 0.6 is 22.9 Å². The number of anilines is 1. The SMILES string of the molecule is CCN(CC)CCN(C(=O)CS(=O)(=O)c1ccc(OC)cc1)c1nc2c(OC)ccc(Cl)c2s1. The molecule has 184 valence electrons. The number of rotatable bonds is 11. The van der Waals surface area contributed by atoms with Crippen LogP contribution in [0.5, 0.6) is 11.5 Å². The zero-order valence-corrected chi connectivity index (χ0v) is 22.0. The van der Waals surface area contributed by atoms with Crippen molar-refractivity contribution in [1.82, 2.24) is 9.88 Å². The average molecular weight is 526 g/mol. The summed E-state index contributed by atoms with van der Waals surface area (Å²) in [6.07, 6.45) is 0. The van der Waals surface area contributed by atoms with Gasteiger partial charge >= 0.3 is 0 Å².